The molecule has 63 heavy (non-hydrogen) atoms. The van der Waals surface area contributed by atoms with Gasteiger partial charge in [-0.25, -0.2) is 0 Å². The van der Waals surface area contributed by atoms with Gasteiger partial charge in [-0.2, -0.15) is 0 Å². The van der Waals surface area contributed by atoms with Crippen LogP contribution < -0.4 is 0 Å². The van der Waals surface area contributed by atoms with Crippen molar-refractivity contribution in [2.75, 3.05) is 0 Å². The average molecular weight is 867 g/mol. The predicted octanol–water partition coefficient (Wildman–Crippen LogP) is 19.3. The summed E-state index contributed by atoms with van der Waals surface area (Å²) in [5.74, 6) is 5.30. The third-order valence-corrected chi connectivity index (χ3v) is 17.0. The number of carbonyl (C=O) groups is 1. The van der Waals surface area contributed by atoms with Crippen molar-refractivity contribution in [1.29, 1.82) is 0 Å². The summed E-state index contributed by atoms with van der Waals surface area (Å²) >= 11 is 0. The van der Waals surface area contributed by atoms with Gasteiger partial charge in [-0.3, -0.25) is 4.79 Å². The molecule has 0 radical (unpaired) electrons. The molecular formula is C61H102O2. The molecule has 3 fully saturated rings. The molecule has 0 amide bonds. The van der Waals surface area contributed by atoms with Gasteiger partial charge in [0.05, 0.1) is 0 Å². The summed E-state index contributed by atoms with van der Waals surface area (Å²) in [6, 6.07) is 0. The number of esters is 1. The number of rotatable bonds is 33. The molecule has 8 unspecified atom stereocenters. The summed E-state index contributed by atoms with van der Waals surface area (Å²) in [5, 5.41) is 0. The van der Waals surface area contributed by atoms with Crippen molar-refractivity contribution < 1.29 is 9.53 Å². The number of fused-ring (bicyclic) bond motifs is 5. The van der Waals surface area contributed by atoms with E-state index < -0.39 is 0 Å². The topological polar surface area (TPSA) is 26.3 Å². The second-order valence-electron chi connectivity index (χ2n) is 22.2. The molecule has 0 bridgehead atoms. The third kappa shape index (κ3) is 19.0. The second-order valence-corrected chi connectivity index (χ2v) is 22.2. The van der Waals surface area contributed by atoms with Crippen LogP contribution in [0.25, 0.3) is 0 Å². The van der Waals surface area contributed by atoms with Crippen molar-refractivity contribution in [3.63, 3.8) is 0 Å². The molecule has 358 valence electrons. The van der Waals surface area contributed by atoms with Gasteiger partial charge in [0.15, 0.2) is 0 Å². The molecule has 0 spiro atoms. The fourth-order valence-corrected chi connectivity index (χ4v) is 13.2. The SMILES string of the molecule is CC/C=C\C/C=C\C/C=C\C/C=C\C/C=C\CCCCCCCCCCCCCCCCCC(=O)OC1CCC2(C)C(=CCC3C2CCC2(C)C(C(C)CCCC(C)C)CCC32)C1. The van der Waals surface area contributed by atoms with Crippen LogP contribution in [0.1, 0.15) is 253 Å². The van der Waals surface area contributed by atoms with Gasteiger partial charge in [0, 0.05) is 12.8 Å². The third-order valence-electron chi connectivity index (χ3n) is 17.0. The van der Waals surface area contributed by atoms with Gasteiger partial charge in [-0.1, -0.05) is 217 Å². The van der Waals surface area contributed by atoms with Crippen molar-refractivity contribution >= 4 is 5.97 Å². The number of hydrogen-bond acceptors (Lipinski definition) is 2. The minimum Gasteiger partial charge on any atom is -0.462 e. The normalized spacial score (nSPS) is 27.9. The molecule has 4 rings (SSSR count). The van der Waals surface area contributed by atoms with Gasteiger partial charge in [-0.05, 0) is 143 Å². The standard InChI is InChI=1S/C61H102O2/c1-7-8-9-10-11-12-13-14-15-16-17-18-19-20-21-22-23-24-25-26-27-28-29-30-31-32-33-34-35-36-37-41-59(62)63-54-46-48-60(5)53(50-54)42-43-55-57-45-44-56(52(4)40-38-39-51(2)3)61(57,6)49-47-58(55)60/h8-9,11-12,14-15,17-18,20-21,42,51-52,54-58H,7,10,13,16,19,22-41,43-50H2,1-6H3/b9-8-,12-11-,15-14-,18-17-,21-20-. The summed E-state index contributed by atoms with van der Waals surface area (Å²) in [5.41, 5.74) is 2.52. The van der Waals surface area contributed by atoms with Crippen LogP contribution in [0.2, 0.25) is 0 Å². The first-order chi connectivity index (χ1) is 30.7. The van der Waals surface area contributed by atoms with Crippen LogP contribution in [0.15, 0.2) is 72.4 Å². The van der Waals surface area contributed by atoms with Gasteiger partial charge in [0.2, 0.25) is 0 Å². The molecule has 0 N–H and O–H groups in total. The minimum absolute atomic E-state index is 0.0622. The smallest absolute Gasteiger partial charge is 0.306 e. The van der Waals surface area contributed by atoms with E-state index in [0.717, 1.165) is 86.9 Å². The van der Waals surface area contributed by atoms with Gasteiger partial charge in [-0.15, -0.1) is 0 Å². The van der Waals surface area contributed by atoms with Crippen LogP contribution in [0.5, 0.6) is 0 Å². The monoisotopic (exact) mass is 867 g/mol. The Bertz CT molecular complexity index is 1410. The van der Waals surface area contributed by atoms with E-state index in [-0.39, 0.29) is 12.1 Å². The van der Waals surface area contributed by atoms with Crippen LogP contribution in [0, 0.1) is 46.3 Å². The molecule has 0 saturated heterocycles. The van der Waals surface area contributed by atoms with E-state index in [1.165, 1.54) is 154 Å². The van der Waals surface area contributed by atoms with Gasteiger partial charge in [0.25, 0.3) is 0 Å². The Morgan fingerprint density at radius 3 is 1.73 bits per heavy atom. The maximum absolute atomic E-state index is 12.9. The summed E-state index contributed by atoms with van der Waals surface area (Å²) in [6.45, 7) is 14.9. The van der Waals surface area contributed by atoms with Crippen molar-refractivity contribution in [2.45, 2.75) is 260 Å². The lowest BCUT2D eigenvalue weighted by molar-refractivity contribution is -0.151. The van der Waals surface area contributed by atoms with Crippen LogP contribution in [-0.2, 0) is 9.53 Å². The van der Waals surface area contributed by atoms with E-state index >= 15 is 0 Å². The molecular weight excluding hydrogens is 765 g/mol. The highest BCUT2D eigenvalue weighted by Crippen LogP contribution is 2.67. The fourth-order valence-electron chi connectivity index (χ4n) is 13.2. The van der Waals surface area contributed by atoms with E-state index in [9.17, 15) is 4.79 Å². The molecule has 2 heteroatoms. The highest BCUT2D eigenvalue weighted by Gasteiger charge is 2.59. The molecule has 4 aliphatic carbocycles. The zero-order chi connectivity index (χ0) is 45.0. The number of carbonyl (C=O) groups excluding carboxylic acids is 1. The minimum atomic E-state index is 0.0622. The van der Waals surface area contributed by atoms with Crippen LogP contribution in [-0.4, -0.2) is 12.1 Å². The lowest BCUT2D eigenvalue weighted by Crippen LogP contribution is -2.51. The summed E-state index contributed by atoms with van der Waals surface area (Å²) in [7, 11) is 0. The Labute approximate surface area is 392 Å². The average Bonchev–Trinajstić information content (AvgIpc) is 3.63. The maximum Gasteiger partial charge on any atom is 0.306 e. The quantitative estimate of drug-likeness (QED) is 0.0373. The van der Waals surface area contributed by atoms with Gasteiger partial charge >= 0.3 is 5.97 Å². The van der Waals surface area contributed by atoms with E-state index in [2.05, 4.69) is 108 Å². The van der Waals surface area contributed by atoms with Crippen molar-refractivity contribution in [3.8, 4) is 0 Å². The highest BCUT2D eigenvalue weighted by atomic mass is 16.5. The van der Waals surface area contributed by atoms with E-state index in [1.807, 2.05) is 0 Å². The Kier molecular flexibility index (Phi) is 26.3. The summed E-state index contributed by atoms with van der Waals surface area (Å²) in [4.78, 5) is 12.9. The zero-order valence-corrected chi connectivity index (χ0v) is 42.5. The Morgan fingerprint density at radius 1 is 0.619 bits per heavy atom. The zero-order valence-electron chi connectivity index (χ0n) is 42.5. The van der Waals surface area contributed by atoms with Crippen molar-refractivity contribution in [1.82, 2.24) is 0 Å². The molecule has 8 atom stereocenters. The maximum atomic E-state index is 12.9. The Balaban J connectivity index is 0.923. The number of allylic oxidation sites excluding steroid dienone is 11. The number of unbranched alkanes of at least 4 members (excludes halogenated alkanes) is 15. The molecule has 2 nitrogen and oxygen atoms in total. The lowest BCUT2D eigenvalue weighted by Gasteiger charge is -2.58. The number of hydrogen-bond donors (Lipinski definition) is 0. The highest BCUT2D eigenvalue weighted by molar-refractivity contribution is 5.69. The van der Waals surface area contributed by atoms with Crippen molar-refractivity contribution in [2.24, 2.45) is 46.3 Å². The van der Waals surface area contributed by atoms with Gasteiger partial charge in [0.1, 0.15) is 6.10 Å². The lowest BCUT2D eigenvalue weighted by atomic mass is 9.47. The predicted molar refractivity (Wildman–Crippen MR) is 276 cm³/mol. The summed E-state index contributed by atoms with van der Waals surface area (Å²) in [6.07, 6.45) is 67.4. The Morgan fingerprint density at radius 2 is 1.16 bits per heavy atom. The first-order valence-corrected chi connectivity index (χ1v) is 27.8. The van der Waals surface area contributed by atoms with Gasteiger partial charge < -0.3 is 4.74 Å². The van der Waals surface area contributed by atoms with Crippen molar-refractivity contribution in [3.05, 3.63) is 72.4 Å². The molecule has 0 aromatic rings. The first kappa shape index (κ1) is 53.5. The first-order valence-electron chi connectivity index (χ1n) is 27.8. The largest absolute Gasteiger partial charge is 0.462 e. The van der Waals surface area contributed by atoms with E-state index in [0.29, 0.717) is 17.3 Å². The van der Waals surface area contributed by atoms with Crippen LogP contribution in [0.4, 0.5) is 0 Å². The molecule has 3 saturated carbocycles. The molecule has 0 aromatic carbocycles. The summed E-state index contributed by atoms with van der Waals surface area (Å²) < 4.78 is 6.17. The Hall–Kier alpha value is -2.09. The molecule has 0 heterocycles. The molecule has 4 aliphatic rings. The van der Waals surface area contributed by atoms with Crippen LogP contribution >= 0.6 is 0 Å². The van der Waals surface area contributed by atoms with E-state index in [4.69, 9.17) is 4.74 Å². The second kappa shape index (κ2) is 31.0. The van der Waals surface area contributed by atoms with Crippen LogP contribution in [0.3, 0.4) is 0 Å². The van der Waals surface area contributed by atoms with E-state index in [1.54, 1.807) is 5.57 Å². The fraction of sp³-hybridized carbons (Fsp3) is 0.787. The number of ether oxygens (including phenoxy) is 1. The molecule has 0 aliphatic heterocycles. The molecule has 0 aromatic heterocycles.